The summed E-state index contributed by atoms with van der Waals surface area (Å²) in [5, 5.41) is 2.79. The smallest absolute Gasteiger partial charge is 0.320 e. The Morgan fingerprint density at radius 3 is 2.47 bits per heavy atom. The Hall–Kier alpha value is -3.68. The van der Waals surface area contributed by atoms with Crippen LogP contribution in [0.25, 0.3) is 5.69 Å². The minimum absolute atomic E-state index is 0.279. The van der Waals surface area contributed by atoms with Gasteiger partial charge in [0.05, 0.1) is 18.8 Å². The highest BCUT2D eigenvalue weighted by Gasteiger charge is 2.14. The second-order valence-corrected chi connectivity index (χ2v) is 6.90. The maximum atomic E-state index is 13.6. The Morgan fingerprint density at radius 1 is 1.10 bits per heavy atom. The molecule has 1 aromatic heterocycles. The first-order chi connectivity index (χ1) is 14.3. The maximum absolute atomic E-state index is 13.6. The van der Waals surface area contributed by atoms with E-state index in [1.54, 1.807) is 26.2 Å². The van der Waals surface area contributed by atoms with Crippen molar-refractivity contribution in [2.75, 3.05) is 7.11 Å². The van der Waals surface area contributed by atoms with Crippen LogP contribution >= 0.6 is 0 Å². The lowest BCUT2D eigenvalue weighted by molar-refractivity contribution is -0.122. The maximum Gasteiger partial charge on any atom is 0.320 e. The fourth-order valence-electron chi connectivity index (χ4n) is 3.08. The number of carbonyl (C=O) groups is 1. The zero-order chi connectivity index (χ0) is 21.8. The third kappa shape index (κ3) is 4.48. The number of aryl methyl sites for hydroxylation is 1. The summed E-state index contributed by atoms with van der Waals surface area (Å²) in [6.45, 7) is 3.21. The molecule has 1 heterocycles. The van der Waals surface area contributed by atoms with E-state index in [4.69, 9.17) is 4.74 Å². The number of aromatic nitrogens is 2. The predicted octanol–water partition coefficient (Wildman–Crippen LogP) is 2.33. The van der Waals surface area contributed by atoms with E-state index in [2.05, 4.69) is 5.32 Å². The van der Waals surface area contributed by atoms with Gasteiger partial charge in [0.15, 0.2) is 0 Å². The Balaban J connectivity index is 1.77. The largest absolute Gasteiger partial charge is 0.497 e. The molecule has 1 N–H and O–H groups in total. The highest BCUT2D eigenvalue weighted by molar-refractivity contribution is 5.76. The summed E-state index contributed by atoms with van der Waals surface area (Å²) < 4.78 is 20.8. The van der Waals surface area contributed by atoms with Gasteiger partial charge >= 0.3 is 11.1 Å². The van der Waals surface area contributed by atoms with Gasteiger partial charge in [-0.15, -0.1) is 0 Å². The van der Waals surface area contributed by atoms with Crippen LogP contribution in [0, 0.1) is 12.7 Å². The second-order valence-electron chi connectivity index (χ2n) is 6.90. The number of rotatable bonds is 6. The number of benzene rings is 2. The number of nitrogens with one attached hydrogen (secondary N) is 1. The SMILES string of the molecule is COc1ccc(C(C)NC(=O)Cn2ccn(-c3cc(F)ccc3C)c(=O)c2=O)cc1. The van der Waals surface area contributed by atoms with Crippen molar-refractivity contribution >= 4 is 5.91 Å². The van der Waals surface area contributed by atoms with Crippen LogP contribution in [-0.2, 0) is 11.3 Å². The molecule has 0 saturated carbocycles. The molecule has 0 aliphatic carbocycles. The van der Waals surface area contributed by atoms with Crippen molar-refractivity contribution in [3.63, 3.8) is 0 Å². The van der Waals surface area contributed by atoms with Crippen molar-refractivity contribution in [3.8, 4) is 11.4 Å². The van der Waals surface area contributed by atoms with Crippen molar-refractivity contribution in [1.82, 2.24) is 14.5 Å². The number of amides is 1. The molecular formula is C22H22FN3O4. The van der Waals surface area contributed by atoms with Gasteiger partial charge in [-0.05, 0) is 49.2 Å². The highest BCUT2D eigenvalue weighted by Crippen LogP contribution is 2.17. The molecule has 7 nitrogen and oxygen atoms in total. The van der Waals surface area contributed by atoms with E-state index >= 15 is 0 Å². The zero-order valence-electron chi connectivity index (χ0n) is 16.9. The normalized spacial score (nSPS) is 11.7. The van der Waals surface area contributed by atoms with Crippen molar-refractivity contribution in [2.24, 2.45) is 0 Å². The van der Waals surface area contributed by atoms with E-state index in [9.17, 15) is 18.8 Å². The number of halogens is 1. The minimum Gasteiger partial charge on any atom is -0.497 e. The van der Waals surface area contributed by atoms with Crippen molar-refractivity contribution in [2.45, 2.75) is 26.4 Å². The number of ether oxygens (including phenoxy) is 1. The number of hydrogen-bond donors (Lipinski definition) is 1. The molecule has 0 bridgehead atoms. The molecule has 0 aliphatic heterocycles. The first kappa shape index (κ1) is 21.0. The Labute approximate surface area is 172 Å². The first-order valence-corrected chi connectivity index (χ1v) is 9.32. The summed E-state index contributed by atoms with van der Waals surface area (Å²) >= 11 is 0. The number of hydrogen-bond acceptors (Lipinski definition) is 4. The molecule has 3 aromatic rings. The van der Waals surface area contributed by atoms with Gasteiger partial charge in [-0.25, -0.2) is 4.39 Å². The predicted molar refractivity (Wildman–Crippen MR) is 111 cm³/mol. The lowest BCUT2D eigenvalue weighted by atomic mass is 10.1. The monoisotopic (exact) mass is 411 g/mol. The van der Waals surface area contributed by atoms with Crippen molar-refractivity contribution in [1.29, 1.82) is 0 Å². The van der Waals surface area contributed by atoms with Crippen LogP contribution < -0.4 is 21.2 Å². The summed E-state index contributed by atoms with van der Waals surface area (Å²) in [5.74, 6) is -0.226. The molecule has 0 fully saturated rings. The lowest BCUT2D eigenvalue weighted by Gasteiger charge is -2.16. The van der Waals surface area contributed by atoms with Gasteiger partial charge in [-0.1, -0.05) is 18.2 Å². The van der Waals surface area contributed by atoms with Crippen LogP contribution in [0.1, 0.15) is 24.1 Å². The van der Waals surface area contributed by atoms with Crippen LogP contribution in [0.5, 0.6) is 5.75 Å². The van der Waals surface area contributed by atoms with Crippen molar-refractivity contribution in [3.05, 3.63) is 92.5 Å². The molecule has 8 heteroatoms. The fraction of sp³-hybridized carbons (Fsp3) is 0.227. The second kappa shape index (κ2) is 8.77. The molecule has 3 rings (SSSR count). The van der Waals surface area contributed by atoms with E-state index < -0.39 is 22.8 Å². The van der Waals surface area contributed by atoms with Crippen molar-refractivity contribution < 1.29 is 13.9 Å². The molecule has 1 atom stereocenters. The number of nitrogens with zero attached hydrogens (tertiary/aromatic N) is 2. The summed E-state index contributed by atoms with van der Waals surface area (Å²) in [5.41, 5.74) is 0.0626. The van der Waals surface area contributed by atoms with Gasteiger partial charge in [0, 0.05) is 12.4 Å². The standard InChI is InChI=1S/C22H22FN3O4/c1-14-4-7-17(23)12-19(14)26-11-10-25(21(28)22(26)29)13-20(27)24-15(2)16-5-8-18(30-3)9-6-16/h4-12,15H,13H2,1-3H3,(H,24,27). The zero-order valence-corrected chi connectivity index (χ0v) is 16.9. The van der Waals surface area contributed by atoms with Gasteiger partial charge in [0.1, 0.15) is 18.1 Å². The average molecular weight is 411 g/mol. The van der Waals surface area contributed by atoms with Gasteiger partial charge in [0.2, 0.25) is 5.91 Å². The topological polar surface area (TPSA) is 82.3 Å². The van der Waals surface area contributed by atoms with E-state index in [-0.39, 0.29) is 18.3 Å². The molecule has 0 spiro atoms. The van der Waals surface area contributed by atoms with E-state index in [0.29, 0.717) is 11.3 Å². The summed E-state index contributed by atoms with van der Waals surface area (Å²) in [7, 11) is 1.57. The highest BCUT2D eigenvalue weighted by atomic mass is 19.1. The van der Waals surface area contributed by atoms with Gasteiger partial charge in [-0.3, -0.25) is 23.5 Å². The van der Waals surface area contributed by atoms with Gasteiger partial charge in [-0.2, -0.15) is 0 Å². The van der Waals surface area contributed by atoms with E-state index in [1.807, 2.05) is 19.1 Å². The van der Waals surface area contributed by atoms with Crippen LogP contribution in [0.3, 0.4) is 0 Å². The van der Waals surface area contributed by atoms with Gasteiger partial charge in [0.25, 0.3) is 0 Å². The molecule has 30 heavy (non-hydrogen) atoms. The third-order valence-corrected chi connectivity index (χ3v) is 4.80. The molecule has 156 valence electrons. The lowest BCUT2D eigenvalue weighted by Crippen LogP contribution is -2.43. The summed E-state index contributed by atoms with van der Waals surface area (Å²) in [6, 6.07) is 10.9. The molecule has 0 radical (unpaired) electrons. The Kier molecular flexibility index (Phi) is 6.15. The molecule has 0 saturated heterocycles. The number of carbonyl (C=O) groups excluding carboxylic acids is 1. The van der Waals surface area contributed by atoms with Crippen LogP contribution in [0.2, 0.25) is 0 Å². The first-order valence-electron chi connectivity index (χ1n) is 9.32. The average Bonchev–Trinajstić information content (AvgIpc) is 2.73. The molecule has 0 aliphatic rings. The van der Waals surface area contributed by atoms with Crippen LogP contribution in [-0.4, -0.2) is 22.2 Å². The van der Waals surface area contributed by atoms with E-state index in [0.717, 1.165) is 14.7 Å². The van der Waals surface area contributed by atoms with Gasteiger partial charge < -0.3 is 10.1 Å². The molecule has 1 amide bonds. The fourth-order valence-corrected chi connectivity index (χ4v) is 3.08. The van der Waals surface area contributed by atoms with Crippen LogP contribution in [0.4, 0.5) is 4.39 Å². The minimum atomic E-state index is -0.867. The molecule has 2 aromatic carbocycles. The Morgan fingerprint density at radius 2 is 1.80 bits per heavy atom. The summed E-state index contributed by atoms with van der Waals surface area (Å²) in [6.07, 6.45) is 2.69. The van der Waals surface area contributed by atoms with E-state index in [1.165, 1.54) is 30.6 Å². The third-order valence-electron chi connectivity index (χ3n) is 4.80. The Bertz CT molecular complexity index is 1180. The molecule has 1 unspecified atom stereocenters. The molecular weight excluding hydrogens is 389 g/mol. The number of methoxy groups -OCH3 is 1. The quantitative estimate of drug-likeness (QED) is 0.631. The summed E-state index contributed by atoms with van der Waals surface area (Å²) in [4.78, 5) is 37.3. The van der Waals surface area contributed by atoms with Crippen LogP contribution in [0.15, 0.2) is 64.4 Å².